The Morgan fingerprint density at radius 1 is 0.657 bits per heavy atom. The number of halogens is 4. The van der Waals surface area contributed by atoms with Gasteiger partial charge in [-0.15, -0.1) is 0 Å². The molecule has 0 aromatic heterocycles. The predicted octanol–water partition coefficient (Wildman–Crippen LogP) is 7.67. The molecule has 7 heteroatoms. The van der Waals surface area contributed by atoms with Crippen molar-refractivity contribution in [3.63, 3.8) is 0 Å². The van der Waals surface area contributed by atoms with Crippen molar-refractivity contribution in [2.45, 2.75) is 76.2 Å². The van der Waals surface area contributed by atoms with Gasteiger partial charge in [0.1, 0.15) is 0 Å². The first-order valence-corrected chi connectivity index (χ1v) is 12.7. The predicted molar refractivity (Wildman–Crippen MR) is 126 cm³/mol. The van der Waals surface area contributed by atoms with Crippen LogP contribution in [-0.4, -0.2) is 26.4 Å². The molecule has 0 unspecified atom stereocenters. The van der Waals surface area contributed by atoms with E-state index in [1.54, 1.807) is 26.2 Å². The molecule has 0 bridgehead atoms. The second kappa shape index (κ2) is 11.6. The smallest absolute Gasteiger partial charge is 0.204 e. The molecule has 2 aliphatic carbocycles. The molecule has 3 nitrogen and oxygen atoms in total. The standard InChI is InChI=1S/C28H34F4O3/c1-3-34-23-14-15-24(28(32)27(23)31)35-16-17-4-6-18(7-5-17)21-12-13-22(26(30)25(21)29)19-8-10-20(33-2)11-9-19/h12-15,17-20H,3-11,16H2,1-2H3. The highest BCUT2D eigenvalue weighted by molar-refractivity contribution is 5.35. The Kier molecular flexibility index (Phi) is 8.58. The molecule has 0 atom stereocenters. The van der Waals surface area contributed by atoms with Gasteiger partial charge >= 0.3 is 0 Å². The Bertz CT molecular complexity index is 996. The van der Waals surface area contributed by atoms with Crippen LogP contribution in [0.25, 0.3) is 0 Å². The quantitative estimate of drug-likeness (QED) is 0.353. The maximum Gasteiger partial charge on any atom is 0.204 e. The normalized spacial score (nSPS) is 24.9. The van der Waals surface area contributed by atoms with E-state index in [0.29, 0.717) is 24.0 Å². The van der Waals surface area contributed by atoms with Crippen LogP contribution in [0.15, 0.2) is 24.3 Å². The van der Waals surface area contributed by atoms with E-state index in [1.807, 2.05) is 0 Å². The third-order valence-electron chi connectivity index (χ3n) is 7.66. The van der Waals surface area contributed by atoms with Gasteiger partial charge in [-0.3, -0.25) is 0 Å². The molecule has 0 N–H and O–H groups in total. The average Bonchev–Trinajstić information content (AvgIpc) is 2.88. The molecule has 2 fully saturated rings. The Morgan fingerprint density at radius 2 is 1.14 bits per heavy atom. The summed E-state index contributed by atoms with van der Waals surface area (Å²) in [5.74, 6) is -3.70. The van der Waals surface area contributed by atoms with Crippen molar-refractivity contribution >= 4 is 0 Å². The molecule has 0 aliphatic heterocycles. The minimum Gasteiger partial charge on any atom is -0.491 e. The highest BCUT2D eigenvalue weighted by atomic mass is 19.2. The molecule has 0 amide bonds. The lowest BCUT2D eigenvalue weighted by molar-refractivity contribution is 0.0655. The Balaban J connectivity index is 1.32. The topological polar surface area (TPSA) is 27.7 Å². The first-order valence-electron chi connectivity index (χ1n) is 12.7. The lowest BCUT2D eigenvalue weighted by atomic mass is 9.77. The third-order valence-corrected chi connectivity index (χ3v) is 7.66. The van der Waals surface area contributed by atoms with Gasteiger partial charge in [-0.1, -0.05) is 12.1 Å². The van der Waals surface area contributed by atoms with E-state index in [-0.39, 0.29) is 48.6 Å². The Morgan fingerprint density at radius 3 is 1.63 bits per heavy atom. The number of hydrogen-bond donors (Lipinski definition) is 0. The fraction of sp³-hybridized carbons (Fsp3) is 0.571. The molecule has 2 aromatic carbocycles. The molecule has 0 radical (unpaired) electrons. The van der Waals surface area contributed by atoms with Crippen LogP contribution in [0.3, 0.4) is 0 Å². The minimum absolute atomic E-state index is 0.0330. The van der Waals surface area contributed by atoms with E-state index in [0.717, 1.165) is 38.5 Å². The summed E-state index contributed by atoms with van der Waals surface area (Å²) in [4.78, 5) is 0. The summed E-state index contributed by atoms with van der Waals surface area (Å²) in [5, 5.41) is 0. The van der Waals surface area contributed by atoms with Gasteiger partial charge in [-0.25, -0.2) is 8.78 Å². The van der Waals surface area contributed by atoms with Gasteiger partial charge in [0.25, 0.3) is 0 Å². The molecule has 0 spiro atoms. The highest BCUT2D eigenvalue weighted by Crippen LogP contribution is 2.41. The van der Waals surface area contributed by atoms with Gasteiger partial charge in [0.15, 0.2) is 23.1 Å². The molecule has 2 aliphatic rings. The molecular formula is C28H34F4O3. The fourth-order valence-electron chi connectivity index (χ4n) is 5.56. The number of ether oxygens (including phenoxy) is 3. The van der Waals surface area contributed by atoms with E-state index < -0.39 is 23.3 Å². The first kappa shape index (κ1) is 25.8. The van der Waals surface area contributed by atoms with Crippen molar-refractivity contribution in [3.8, 4) is 11.5 Å². The van der Waals surface area contributed by atoms with Crippen LogP contribution >= 0.6 is 0 Å². The van der Waals surface area contributed by atoms with E-state index in [9.17, 15) is 8.78 Å². The van der Waals surface area contributed by atoms with Crippen LogP contribution in [0.4, 0.5) is 17.6 Å². The lowest BCUT2D eigenvalue weighted by Gasteiger charge is -2.30. The maximum absolute atomic E-state index is 15.1. The summed E-state index contributed by atoms with van der Waals surface area (Å²) in [6.45, 7) is 2.18. The van der Waals surface area contributed by atoms with Crippen LogP contribution in [-0.2, 0) is 4.74 Å². The molecule has 2 saturated carbocycles. The van der Waals surface area contributed by atoms with E-state index in [4.69, 9.17) is 14.2 Å². The van der Waals surface area contributed by atoms with Crippen LogP contribution < -0.4 is 9.47 Å². The Hall–Kier alpha value is -2.28. The summed E-state index contributed by atoms with van der Waals surface area (Å²) in [7, 11) is 1.69. The SMILES string of the molecule is CCOc1ccc(OCC2CCC(c3ccc(C4CCC(OC)CC4)c(F)c3F)CC2)c(F)c1F. The summed E-state index contributed by atoms with van der Waals surface area (Å²) >= 11 is 0. The lowest BCUT2D eigenvalue weighted by Crippen LogP contribution is -2.22. The molecule has 0 saturated heterocycles. The van der Waals surface area contributed by atoms with Gasteiger partial charge in [0.2, 0.25) is 11.6 Å². The van der Waals surface area contributed by atoms with Crippen LogP contribution in [0.1, 0.15) is 81.3 Å². The second-order valence-corrected chi connectivity index (χ2v) is 9.73. The van der Waals surface area contributed by atoms with Crippen LogP contribution in [0.2, 0.25) is 0 Å². The van der Waals surface area contributed by atoms with Crippen molar-refractivity contribution in [2.75, 3.05) is 20.3 Å². The number of benzene rings is 2. The Labute approximate surface area is 204 Å². The monoisotopic (exact) mass is 494 g/mol. The zero-order chi connectivity index (χ0) is 24.9. The molecule has 35 heavy (non-hydrogen) atoms. The number of methoxy groups -OCH3 is 1. The van der Waals surface area contributed by atoms with E-state index in [1.165, 1.54) is 12.1 Å². The molecular weight excluding hydrogens is 460 g/mol. The van der Waals surface area contributed by atoms with Crippen LogP contribution in [0, 0.1) is 29.2 Å². The number of hydrogen-bond acceptors (Lipinski definition) is 3. The van der Waals surface area contributed by atoms with E-state index in [2.05, 4.69) is 0 Å². The van der Waals surface area contributed by atoms with Crippen molar-refractivity contribution in [1.82, 2.24) is 0 Å². The van der Waals surface area contributed by atoms with Crippen molar-refractivity contribution in [2.24, 2.45) is 5.92 Å². The highest BCUT2D eigenvalue weighted by Gasteiger charge is 2.30. The van der Waals surface area contributed by atoms with Crippen molar-refractivity contribution in [3.05, 3.63) is 58.7 Å². The summed E-state index contributed by atoms with van der Waals surface area (Å²) in [6.07, 6.45) is 6.43. The largest absolute Gasteiger partial charge is 0.491 e. The molecule has 4 rings (SSSR count). The third kappa shape index (κ3) is 5.76. The van der Waals surface area contributed by atoms with Crippen molar-refractivity contribution < 1.29 is 31.8 Å². The zero-order valence-electron chi connectivity index (χ0n) is 20.4. The molecule has 2 aromatic rings. The zero-order valence-corrected chi connectivity index (χ0v) is 20.4. The van der Waals surface area contributed by atoms with Gasteiger partial charge < -0.3 is 14.2 Å². The second-order valence-electron chi connectivity index (χ2n) is 9.73. The average molecular weight is 495 g/mol. The molecule has 0 heterocycles. The summed E-state index contributed by atoms with van der Waals surface area (Å²) in [5.41, 5.74) is 0.920. The minimum atomic E-state index is -1.06. The van der Waals surface area contributed by atoms with Gasteiger partial charge in [0.05, 0.1) is 19.3 Å². The first-order chi connectivity index (χ1) is 16.9. The molecule has 192 valence electrons. The number of rotatable bonds is 8. The summed E-state index contributed by atoms with van der Waals surface area (Å²) < 4.78 is 74.4. The fourth-order valence-corrected chi connectivity index (χ4v) is 5.56. The van der Waals surface area contributed by atoms with Crippen molar-refractivity contribution in [1.29, 1.82) is 0 Å². The van der Waals surface area contributed by atoms with Gasteiger partial charge in [0, 0.05) is 7.11 Å². The summed E-state index contributed by atoms with van der Waals surface area (Å²) in [6, 6.07) is 6.26. The van der Waals surface area contributed by atoms with E-state index >= 15 is 8.78 Å². The van der Waals surface area contributed by atoms with Crippen LogP contribution in [0.5, 0.6) is 11.5 Å². The van der Waals surface area contributed by atoms with Gasteiger partial charge in [-0.05, 0) is 99.3 Å². The van der Waals surface area contributed by atoms with Gasteiger partial charge in [-0.2, -0.15) is 8.78 Å². The maximum atomic E-state index is 15.1.